The second kappa shape index (κ2) is 7.29. The van der Waals surface area contributed by atoms with Crippen LogP contribution in [0.25, 0.3) is 16.7 Å². The summed E-state index contributed by atoms with van der Waals surface area (Å²) in [5.74, 6) is 0.668. The molecule has 24 heavy (non-hydrogen) atoms. The van der Waals surface area contributed by atoms with Gasteiger partial charge in [0.05, 0.1) is 23.0 Å². The van der Waals surface area contributed by atoms with Crippen LogP contribution in [-0.2, 0) is 10.0 Å². The van der Waals surface area contributed by atoms with Gasteiger partial charge in [-0.3, -0.25) is 0 Å². The molecular formula is C15H17N5O2S2. The van der Waals surface area contributed by atoms with Crippen LogP contribution in [0.15, 0.2) is 47.9 Å². The van der Waals surface area contributed by atoms with Gasteiger partial charge in [-0.1, -0.05) is 18.2 Å². The number of nitrogens with zero attached hydrogens (tertiary/aromatic N) is 4. The van der Waals surface area contributed by atoms with Gasteiger partial charge in [-0.25, -0.2) is 27.8 Å². The molecule has 0 spiro atoms. The van der Waals surface area contributed by atoms with Gasteiger partial charge in [-0.15, -0.1) is 11.8 Å². The molecule has 2 aromatic heterocycles. The number of aromatic nitrogens is 4. The number of hydrogen-bond donors (Lipinski definition) is 1. The fourth-order valence-corrected chi connectivity index (χ4v) is 3.71. The predicted molar refractivity (Wildman–Crippen MR) is 94.8 cm³/mol. The van der Waals surface area contributed by atoms with Crippen molar-refractivity contribution in [3.05, 3.63) is 42.9 Å². The van der Waals surface area contributed by atoms with Crippen molar-refractivity contribution >= 4 is 32.8 Å². The first kappa shape index (κ1) is 16.9. The molecular weight excluding hydrogens is 346 g/mol. The molecule has 1 aromatic carbocycles. The van der Waals surface area contributed by atoms with Crippen molar-refractivity contribution in [2.24, 2.45) is 0 Å². The van der Waals surface area contributed by atoms with Gasteiger partial charge in [0, 0.05) is 12.3 Å². The van der Waals surface area contributed by atoms with Crippen LogP contribution >= 0.6 is 11.8 Å². The van der Waals surface area contributed by atoms with Crippen molar-refractivity contribution < 1.29 is 8.42 Å². The number of fused-ring (bicyclic) bond motifs is 1. The standard InChI is InChI=1S/C15H17N5O2S2/c1-2-24(21,22)19-8-9-23-15-13-10-18-20(14(13)16-11-17-15)12-6-4-3-5-7-12/h3-7,10-11,19H,2,8-9H2,1H3. The van der Waals surface area contributed by atoms with Gasteiger partial charge in [0.2, 0.25) is 10.0 Å². The Morgan fingerprint density at radius 1 is 1.21 bits per heavy atom. The lowest BCUT2D eigenvalue weighted by atomic mass is 10.3. The van der Waals surface area contributed by atoms with E-state index in [9.17, 15) is 8.42 Å². The third kappa shape index (κ3) is 3.74. The number of benzene rings is 1. The van der Waals surface area contributed by atoms with Gasteiger partial charge in [0.15, 0.2) is 5.65 Å². The highest BCUT2D eigenvalue weighted by molar-refractivity contribution is 7.99. The minimum atomic E-state index is -3.16. The van der Waals surface area contributed by atoms with Gasteiger partial charge in [0.1, 0.15) is 11.4 Å². The van der Waals surface area contributed by atoms with Gasteiger partial charge < -0.3 is 0 Å². The fourth-order valence-electron chi connectivity index (χ4n) is 2.14. The van der Waals surface area contributed by atoms with Crippen LogP contribution in [0.2, 0.25) is 0 Å². The lowest BCUT2D eigenvalue weighted by molar-refractivity contribution is 0.585. The smallest absolute Gasteiger partial charge is 0.211 e. The van der Waals surface area contributed by atoms with Crippen LogP contribution in [-0.4, -0.2) is 46.2 Å². The van der Waals surface area contributed by atoms with Crippen LogP contribution in [0.3, 0.4) is 0 Å². The maximum Gasteiger partial charge on any atom is 0.211 e. The van der Waals surface area contributed by atoms with Gasteiger partial charge >= 0.3 is 0 Å². The molecule has 0 atom stereocenters. The van der Waals surface area contributed by atoms with E-state index in [1.165, 1.54) is 18.1 Å². The number of hydrogen-bond acceptors (Lipinski definition) is 6. The molecule has 0 saturated heterocycles. The number of sulfonamides is 1. The second-order valence-corrected chi connectivity index (χ2v) is 8.13. The zero-order valence-electron chi connectivity index (χ0n) is 13.1. The van der Waals surface area contributed by atoms with Crippen LogP contribution in [0.5, 0.6) is 0 Å². The number of rotatable bonds is 7. The summed E-state index contributed by atoms with van der Waals surface area (Å²) in [7, 11) is -3.16. The second-order valence-electron chi connectivity index (χ2n) is 4.95. The molecule has 3 rings (SSSR count). The highest BCUT2D eigenvalue weighted by Gasteiger charge is 2.12. The van der Waals surface area contributed by atoms with Crippen molar-refractivity contribution in [1.82, 2.24) is 24.5 Å². The Hall–Kier alpha value is -1.97. The summed E-state index contributed by atoms with van der Waals surface area (Å²) < 4.78 is 27.2. The largest absolute Gasteiger partial charge is 0.229 e. The Labute approximate surface area is 144 Å². The zero-order valence-corrected chi connectivity index (χ0v) is 14.7. The monoisotopic (exact) mass is 363 g/mol. The van der Waals surface area contributed by atoms with E-state index in [2.05, 4.69) is 19.8 Å². The van der Waals surface area contributed by atoms with Gasteiger partial charge in [-0.2, -0.15) is 5.10 Å². The minimum absolute atomic E-state index is 0.0826. The topological polar surface area (TPSA) is 89.8 Å². The van der Waals surface area contributed by atoms with E-state index < -0.39 is 10.0 Å². The van der Waals surface area contributed by atoms with E-state index in [1.807, 2.05) is 30.3 Å². The summed E-state index contributed by atoms with van der Waals surface area (Å²) in [6.45, 7) is 1.97. The summed E-state index contributed by atoms with van der Waals surface area (Å²) >= 11 is 1.48. The fraction of sp³-hybridized carbons (Fsp3) is 0.267. The number of nitrogens with one attached hydrogen (secondary N) is 1. The van der Waals surface area contributed by atoms with Crippen molar-refractivity contribution in [2.75, 3.05) is 18.1 Å². The van der Waals surface area contributed by atoms with Crippen LogP contribution < -0.4 is 4.72 Å². The van der Waals surface area contributed by atoms with Crippen LogP contribution in [0.4, 0.5) is 0 Å². The summed E-state index contributed by atoms with van der Waals surface area (Å²) in [6.07, 6.45) is 3.24. The first-order valence-corrected chi connectivity index (χ1v) is 10.1. The summed E-state index contributed by atoms with van der Waals surface area (Å²) in [5, 5.41) is 6.04. The normalized spacial score (nSPS) is 11.9. The highest BCUT2D eigenvalue weighted by atomic mass is 32.2. The first-order chi connectivity index (χ1) is 11.6. The molecule has 1 N–H and O–H groups in total. The van der Waals surface area contributed by atoms with Crippen molar-refractivity contribution in [1.29, 1.82) is 0 Å². The Balaban J connectivity index is 1.77. The first-order valence-electron chi connectivity index (χ1n) is 7.45. The van der Waals surface area contributed by atoms with Gasteiger partial charge in [0.25, 0.3) is 0 Å². The molecule has 0 radical (unpaired) electrons. The zero-order chi connectivity index (χ0) is 17.0. The molecule has 0 amide bonds. The highest BCUT2D eigenvalue weighted by Crippen LogP contribution is 2.25. The van der Waals surface area contributed by atoms with Crippen molar-refractivity contribution in [3.8, 4) is 5.69 Å². The molecule has 0 unspecified atom stereocenters. The maximum atomic E-state index is 11.4. The molecule has 7 nitrogen and oxygen atoms in total. The molecule has 0 bridgehead atoms. The van der Waals surface area contributed by atoms with Crippen molar-refractivity contribution in [2.45, 2.75) is 11.9 Å². The minimum Gasteiger partial charge on any atom is -0.229 e. The van der Waals surface area contributed by atoms with E-state index in [1.54, 1.807) is 17.8 Å². The van der Waals surface area contributed by atoms with Gasteiger partial charge in [-0.05, 0) is 19.1 Å². The molecule has 0 aliphatic rings. The Morgan fingerprint density at radius 3 is 2.75 bits per heavy atom. The van der Waals surface area contributed by atoms with E-state index in [-0.39, 0.29) is 5.75 Å². The SMILES string of the molecule is CCS(=O)(=O)NCCSc1ncnc2c1cnn2-c1ccccc1. The van der Waals surface area contributed by atoms with Crippen molar-refractivity contribution in [3.63, 3.8) is 0 Å². The summed E-state index contributed by atoms with van der Waals surface area (Å²) in [4.78, 5) is 8.61. The Bertz CT molecular complexity index is 925. The molecule has 0 fully saturated rings. The molecule has 2 heterocycles. The lowest BCUT2D eigenvalue weighted by Crippen LogP contribution is -2.27. The molecule has 9 heteroatoms. The van der Waals surface area contributed by atoms with Crippen LogP contribution in [0.1, 0.15) is 6.92 Å². The Kier molecular flexibility index (Phi) is 5.12. The third-order valence-electron chi connectivity index (χ3n) is 3.37. The maximum absolute atomic E-state index is 11.4. The van der Waals surface area contributed by atoms with Crippen LogP contribution in [0, 0.1) is 0 Å². The van der Waals surface area contributed by atoms with E-state index in [0.717, 1.165) is 21.7 Å². The van der Waals surface area contributed by atoms with E-state index >= 15 is 0 Å². The number of para-hydroxylation sites is 1. The van der Waals surface area contributed by atoms with E-state index in [4.69, 9.17) is 0 Å². The number of thioether (sulfide) groups is 1. The predicted octanol–water partition coefficient (Wildman–Crippen LogP) is 1.85. The quantitative estimate of drug-likeness (QED) is 0.391. The molecule has 126 valence electrons. The lowest BCUT2D eigenvalue weighted by Gasteiger charge is -2.05. The molecule has 3 aromatic rings. The molecule has 0 aliphatic heterocycles. The average Bonchev–Trinajstić information content (AvgIpc) is 3.04. The molecule has 0 saturated carbocycles. The molecule has 0 aliphatic carbocycles. The Morgan fingerprint density at radius 2 is 2.00 bits per heavy atom. The summed E-state index contributed by atoms with van der Waals surface area (Å²) in [5.41, 5.74) is 1.66. The third-order valence-corrected chi connectivity index (χ3v) is 5.78. The average molecular weight is 363 g/mol. The summed E-state index contributed by atoms with van der Waals surface area (Å²) in [6, 6.07) is 9.75. The van der Waals surface area contributed by atoms with E-state index in [0.29, 0.717) is 12.3 Å².